The summed E-state index contributed by atoms with van der Waals surface area (Å²) in [5.41, 5.74) is 8.80. The number of nitrogens with one attached hydrogen (secondary N) is 1. The van der Waals surface area contributed by atoms with E-state index in [4.69, 9.17) is 16.7 Å². The Morgan fingerprint density at radius 1 is 1.35 bits per heavy atom. The topological polar surface area (TPSA) is 137 Å². The molecule has 0 aromatic carbocycles. The number of aromatic nitrogens is 4. The molecule has 0 atom stereocenters. The van der Waals surface area contributed by atoms with Crippen molar-refractivity contribution in [2.24, 2.45) is 11.8 Å². The van der Waals surface area contributed by atoms with Crippen LogP contribution in [0.2, 0.25) is 0 Å². The van der Waals surface area contributed by atoms with E-state index in [1.54, 1.807) is 4.57 Å². The predicted octanol–water partition coefficient (Wildman–Crippen LogP) is -1.14. The van der Waals surface area contributed by atoms with Gasteiger partial charge in [0.15, 0.2) is 11.5 Å². The van der Waals surface area contributed by atoms with Gasteiger partial charge < -0.3 is 16.3 Å². The Morgan fingerprint density at radius 3 is 2.70 bits per heavy atom. The Balaban J connectivity index is 2.29. The SMILES string of the molecule is NNc1nc(N)nc2c1n(CC1CC1)c(=O)n2CCO. The van der Waals surface area contributed by atoms with Crippen molar-refractivity contribution in [3.8, 4) is 0 Å². The highest BCUT2D eigenvalue weighted by Crippen LogP contribution is 2.32. The lowest BCUT2D eigenvalue weighted by molar-refractivity contribution is 0.275. The van der Waals surface area contributed by atoms with Crippen molar-refractivity contribution in [3.05, 3.63) is 10.5 Å². The number of nitrogens with zero attached hydrogens (tertiary/aromatic N) is 4. The molecule has 0 unspecified atom stereocenters. The van der Waals surface area contributed by atoms with Gasteiger partial charge in [0.25, 0.3) is 0 Å². The largest absolute Gasteiger partial charge is 0.395 e. The number of fused-ring (bicyclic) bond motifs is 1. The molecule has 2 aromatic heterocycles. The molecule has 1 aliphatic carbocycles. The number of hydrazine groups is 1. The minimum absolute atomic E-state index is 0.0284. The number of anilines is 2. The maximum atomic E-state index is 12.5. The molecule has 3 rings (SSSR count). The van der Waals surface area contributed by atoms with Gasteiger partial charge in [-0.05, 0) is 18.8 Å². The van der Waals surface area contributed by atoms with Gasteiger partial charge in [-0.15, -0.1) is 0 Å². The van der Waals surface area contributed by atoms with Crippen LogP contribution in [0.4, 0.5) is 11.8 Å². The number of imidazole rings is 1. The highest BCUT2D eigenvalue weighted by Gasteiger charge is 2.26. The summed E-state index contributed by atoms with van der Waals surface area (Å²) >= 11 is 0. The van der Waals surface area contributed by atoms with Crippen molar-refractivity contribution < 1.29 is 5.11 Å². The van der Waals surface area contributed by atoms with Crippen LogP contribution >= 0.6 is 0 Å². The Morgan fingerprint density at radius 2 is 2.10 bits per heavy atom. The summed E-state index contributed by atoms with van der Waals surface area (Å²) in [6.45, 7) is 0.612. The number of nitrogen functional groups attached to an aromatic ring is 2. The lowest BCUT2D eigenvalue weighted by Gasteiger charge is -2.06. The van der Waals surface area contributed by atoms with Crippen LogP contribution in [0.25, 0.3) is 11.2 Å². The van der Waals surface area contributed by atoms with E-state index >= 15 is 0 Å². The van der Waals surface area contributed by atoms with Crippen molar-refractivity contribution in [1.29, 1.82) is 0 Å². The van der Waals surface area contributed by atoms with Crippen molar-refractivity contribution in [1.82, 2.24) is 19.1 Å². The van der Waals surface area contributed by atoms with Crippen LogP contribution in [0.15, 0.2) is 4.79 Å². The number of aliphatic hydroxyl groups is 1. The predicted molar refractivity (Wildman–Crippen MR) is 73.8 cm³/mol. The first-order valence-corrected chi connectivity index (χ1v) is 6.49. The summed E-state index contributed by atoms with van der Waals surface area (Å²) in [6.07, 6.45) is 2.22. The quantitative estimate of drug-likeness (QED) is 0.401. The van der Waals surface area contributed by atoms with Gasteiger partial charge in [-0.3, -0.25) is 9.13 Å². The first-order valence-electron chi connectivity index (χ1n) is 6.49. The molecule has 1 saturated carbocycles. The third kappa shape index (κ3) is 2.00. The van der Waals surface area contributed by atoms with E-state index in [1.165, 1.54) is 4.57 Å². The molecule has 0 spiro atoms. The number of hydrogen-bond donors (Lipinski definition) is 4. The number of aliphatic hydroxyl groups excluding tert-OH is 1. The fourth-order valence-electron chi connectivity index (χ4n) is 2.36. The summed E-state index contributed by atoms with van der Waals surface area (Å²) in [4.78, 5) is 20.6. The molecule has 1 fully saturated rings. The zero-order valence-electron chi connectivity index (χ0n) is 10.9. The third-order valence-corrected chi connectivity index (χ3v) is 3.47. The van der Waals surface area contributed by atoms with Crippen molar-refractivity contribution >= 4 is 22.9 Å². The van der Waals surface area contributed by atoms with E-state index in [1.807, 2.05) is 0 Å². The number of rotatable bonds is 5. The molecule has 9 nitrogen and oxygen atoms in total. The minimum Gasteiger partial charge on any atom is -0.395 e. The second-order valence-electron chi connectivity index (χ2n) is 4.96. The molecule has 1 aliphatic rings. The molecule has 2 aromatic rings. The van der Waals surface area contributed by atoms with Crippen LogP contribution in [0.5, 0.6) is 0 Å². The third-order valence-electron chi connectivity index (χ3n) is 3.47. The highest BCUT2D eigenvalue weighted by molar-refractivity contribution is 5.84. The van der Waals surface area contributed by atoms with Crippen LogP contribution in [-0.4, -0.2) is 30.8 Å². The molecule has 2 heterocycles. The maximum absolute atomic E-state index is 12.5. The normalized spacial score (nSPS) is 14.9. The first-order chi connectivity index (χ1) is 9.65. The molecule has 0 amide bonds. The van der Waals surface area contributed by atoms with Crippen LogP contribution in [-0.2, 0) is 13.1 Å². The van der Waals surface area contributed by atoms with Gasteiger partial charge >= 0.3 is 5.69 Å². The molecule has 0 radical (unpaired) electrons. The number of nitrogens with two attached hydrogens (primary N) is 2. The van der Waals surface area contributed by atoms with Gasteiger partial charge in [-0.25, -0.2) is 10.6 Å². The second kappa shape index (κ2) is 4.76. The summed E-state index contributed by atoms with van der Waals surface area (Å²) in [5.74, 6) is 6.32. The van der Waals surface area contributed by atoms with E-state index in [0.29, 0.717) is 29.4 Å². The first kappa shape index (κ1) is 12.9. The summed E-state index contributed by atoms with van der Waals surface area (Å²) < 4.78 is 3.01. The Kier molecular flexibility index (Phi) is 3.07. The fourth-order valence-corrected chi connectivity index (χ4v) is 2.36. The Bertz CT molecular complexity index is 701. The van der Waals surface area contributed by atoms with Gasteiger partial charge in [0, 0.05) is 6.54 Å². The van der Waals surface area contributed by atoms with Gasteiger partial charge in [-0.2, -0.15) is 9.97 Å². The molecule has 0 aliphatic heterocycles. The van der Waals surface area contributed by atoms with Crippen molar-refractivity contribution in [2.75, 3.05) is 17.8 Å². The van der Waals surface area contributed by atoms with Gasteiger partial charge in [0.1, 0.15) is 5.52 Å². The smallest absolute Gasteiger partial charge is 0.330 e. The molecular formula is C11H17N7O2. The van der Waals surface area contributed by atoms with E-state index in [-0.39, 0.29) is 24.8 Å². The van der Waals surface area contributed by atoms with E-state index < -0.39 is 0 Å². The van der Waals surface area contributed by atoms with E-state index in [2.05, 4.69) is 15.4 Å². The van der Waals surface area contributed by atoms with Crippen LogP contribution in [0.1, 0.15) is 12.8 Å². The minimum atomic E-state index is -0.225. The van der Waals surface area contributed by atoms with Crippen LogP contribution in [0, 0.1) is 5.92 Å². The Hall–Kier alpha value is -2.13. The zero-order chi connectivity index (χ0) is 14.3. The average molecular weight is 279 g/mol. The molecule has 0 saturated heterocycles. The average Bonchev–Trinajstić information content (AvgIpc) is 3.21. The fraction of sp³-hybridized carbons (Fsp3) is 0.545. The lowest BCUT2D eigenvalue weighted by atomic mass is 10.4. The monoisotopic (exact) mass is 279 g/mol. The van der Waals surface area contributed by atoms with E-state index in [0.717, 1.165) is 12.8 Å². The molecular weight excluding hydrogens is 262 g/mol. The second-order valence-corrected chi connectivity index (χ2v) is 4.96. The van der Waals surface area contributed by atoms with Crippen molar-refractivity contribution in [2.45, 2.75) is 25.9 Å². The maximum Gasteiger partial charge on any atom is 0.330 e. The molecule has 0 bridgehead atoms. The van der Waals surface area contributed by atoms with Crippen molar-refractivity contribution in [3.63, 3.8) is 0 Å². The Labute approximate surface area is 114 Å². The van der Waals surface area contributed by atoms with Crippen LogP contribution < -0.4 is 22.7 Å². The molecule has 108 valence electrons. The standard InChI is InChI=1S/C11H17N7O2/c12-10-14-8(16-13)7-9(15-10)17(3-4-19)11(20)18(7)5-6-1-2-6/h6,19H,1-5,13H2,(H3,12,14,15,16). The van der Waals surface area contributed by atoms with Gasteiger partial charge in [0.05, 0.1) is 13.2 Å². The summed E-state index contributed by atoms with van der Waals surface area (Å²) in [7, 11) is 0. The van der Waals surface area contributed by atoms with Gasteiger partial charge in [0.2, 0.25) is 5.95 Å². The summed E-state index contributed by atoms with van der Waals surface area (Å²) in [6, 6.07) is 0. The number of hydrogen-bond acceptors (Lipinski definition) is 7. The lowest BCUT2D eigenvalue weighted by Crippen LogP contribution is -2.26. The van der Waals surface area contributed by atoms with Gasteiger partial charge in [-0.1, -0.05) is 0 Å². The highest BCUT2D eigenvalue weighted by atomic mass is 16.3. The molecule has 6 N–H and O–H groups in total. The molecule has 9 heteroatoms. The molecule has 20 heavy (non-hydrogen) atoms. The summed E-state index contributed by atoms with van der Waals surface area (Å²) in [5, 5.41) is 9.12. The van der Waals surface area contributed by atoms with E-state index in [9.17, 15) is 4.79 Å². The zero-order valence-corrected chi connectivity index (χ0v) is 10.9. The van der Waals surface area contributed by atoms with Crippen LogP contribution in [0.3, 0.4) is 0 Å².